The Morgan fingerprint density at radius 3 is 2.15 bits per heavy atom. The predicted molar refractivity (Wildman–Crippen MR) is 74.4 cm³/mol. The smallest absolute Gasteiger partial charge is 0.343 e. The number of halogens is 3. The van der Waals surface area contributed by atoms with E-state index in [1.165, 1.54) is 43.5 Å². The summed E-state index contributed by atoms with van der Waals surface area (Å²) in [5, 5.41) is 0.400. The SMILES string of the molecule is COc1c(Cl)cc(C(=O)Oc2ccc(F)cc2)cc1Cl. The third kappa shape index (κ3) is 3.21. The average Bonchev–Trinajstić information content (AvgIpc) is 2.41. The van der Waals surface area contributed by atoms with Crippen molar-refractivity contribution in [3.8, 4) is 11.5 Å². The Morgan fingerprint density at radius 2 is 1.65 bits per heavy atom. The van der Waals surface area contributed by atoms with Crippen molar-refractivity contribution in [2.75, 3.05) is 7.11 Å². The maximum absolute atomic E-state index is 12.7. The van der Waals surface area contributed by atoms with Crippen LogP contribution in [0.4, 0.5) is 4.39 Å². The summed E-state index contributed by atoms with van der Waals surface area (Å²) in [6.07, 6.45) is 0. The number of hydrogen-bond acceptors (Lipinski definition) is 3. The van der Waals surface area contributed by atoms with Crippen LogP contribution in [0.25, 0.3) is 0 Å². The van der Waals surface area contributed by atoms with E-state index in [1.54, 1.807) is 0 Å². The van der Waals surface area contributed by atoms with Gasteiger partial charge < -0.3 is 9.47 Å². The molecule has 2 aromatic rings. The molecule has 0 radical (unpaired) electrons. The van der Waals surface area contributed by atoms with Crippen molar-refractivity contribution in [1.82, 2.24) is 0 Å². The lowest BCUT2D eigenvalue weighted by Gasteiger charge is -2.08. The molecule has 2 rings (SSSR count). The molecule has 20 heavy (non-hydrogen) atoms. The Labute approximate surface area is 124 Å². The molecule has 0 atom stereocenters. The van der Waals surface area contributed by atoms with Crippen LogP contribution in [0.2, 0.25) is 10.0 Å². The molecule has 0 aromatic heterocycles. The zero-order chi connectivity index (χ0) is 14.7. The van der Waals surface area contributed by atoms with E-state index in [0.29, 0.717) is 0 Å². The number of rotatable bonds is 3. The second-order valence-electron chi connectivity index (χ2n) is 3.82. The second kappa shape index (κ2) is 6.11. The van der Waals surface area contributed by atoms with Gasteiger partial charge in [0.2, 0.25) is 0 Å². The molecule has 0 N–H and O–H groups in total. The van der Waals surface area contributed by atoms with Crippen LogP contribution in [0.1, 0.15) is 10.4 Å². The summed E-state index contributed by atoms with van der Waals surface area (Å²) in [6.45, 7) is 0. The molecule has 104 valence electrons. The zero-order valence-electron chi connectivity index (χ0n) is 10.3. The van der Waals surface area contributed by atoms with Gasteiger partial charge in [0, 0.05) is 0 Å². The molecule has 0 fully saturated rings. The summed E-state index contributed by atoms with van der Waals surface area (Å²) < 4.78 is 22.8. The highest BCUT2D eigenvalue weighted by Gasteiger charge is 2.15. The van der Waals surface area contributed by atoms with Gasteiger partial charge in [0.1, 0.15) is 11.6 Å². The van der Waals surface area contributed by atoms with E-state index < -0.39 is 11.8 Å². The lowest BCUT2D eigenvalue weighted by atomic mass is 10.2. The Hall–Kier alpha value is -1.78. The predicted octanol–water partition coefficient (Wildman–Crippen LogP) is 4.36. The summed E-state index contributed by atoms with van der Waals surface area (Å²) in [4.78, 5) is 11.9. The van der Waals surface area contributed by atoms with Crippen LogP contribution < -0.4 is 9.47 Å². The molecule has 0 saturated carbocycles. The topological polar surface area (TPSA) is 35.5 Å². The number of benzene rings is 2. The van der Waals surface area contributed by atoms with E-state index in [2.05, 4.69) is 0 Å². The number of ether oxygens (including phenoxy) is 2. The Kier molecular flexibility index (Phi) is 4.47. The number of hydrogen-bond donors (Lipinski definition) is 0. The molecule has 0 amide bonds. The van der Waals surface area contributed by atoms with Gasteiger partial charge in [-0.2, -0.15) is 0 Å². The molecule has 2 aromatic carbocycles. The fraction of sp³-hybridized carbons (Fsp3) is 0.0714. The molecule has 0 aliphatic carbocycles. The van der Waals surface area contributed by atoms with Crippen LogP contribution in [0.3, 0.4) is 0 Å². The van der Waals surface area contributed by atoms with Gasteiger partial charge in [0.15, 0.2) is 5.75 Å². The quantitative estimate of drug-likeness (QED) is 0.623. The van der Waals surface area contributed by atoms with Crippen molar-refractivity contribution in [2.45, 2.75) is 0 Å². The molecular formula is C14H9Cl2FO3. The first-order valence-corrected chi connectivity index (χ1v) is 6.27. The van der Waals surface area contributed by atoms with Gasteiger partial charge in [-0.3, -0.25) is 0 Å². The van der Waals surface area contributed by atoms with Gasteiger partial charge in [0.05, 0.1) is 22.7 Å². The number of methoxy groups -OCH3 is 1. The third-order valence-corrected chi connectivity index (χ3v) is 3.02. The van der Waals surface area contributed by atoms with Crippen molar-refractivity contribution in [2.24, 2.45) is 0 Å². The van der Waals surface area contributed by atoms with Gasteiger partial charge in [-0.05, 0) is 36.4 Å². The average molecular weight is 315 g/mol. The lowest BCUT2D eigenvalue weighted by molar-refractivity contribution is 0.0734. The summed E-state index contributed by atoms with van der Waals surface area (Å²) >= 11 is 11.9. The first-order chi connectivity index (χ1) is 9.51. The van der Waals surface area contributed by atoms with Crippen molar-refractivity contribution in [3.05, 3.63) is 57.8 Å². The molecule has 0 heterocycles. The fourth-order valence-electron chi connectivity index (χ4n) is 1.54. The van der Waals surface area contributed by atoms with Crippen LogP contribution in [-0.2, 0) is 0 Å². The minimum atomic E-state index is -0.650. The molecular weight excluding hydrogens is 306 g/mol. The third-order valence-electron chi connectivity index (χ3n) is 2.46. The minimum absolute atomic E-state index is 0.171. The Morgan fingerprint density at radius 1 is 1.10 bits per heavy atom. The molecule has 6 heteroatoms. The van der Waals surface area contributed by atoms with E-state index in [9.17, 15) is 9.18 Å². The van der Waals surface area contributed by atoms with E-state index >= 15 is 0 Å². The van der Waals surface area contributed by atoms with Crippen LogP contribution in [0, 0.1) is 5.82 Å². The molecule has 0 bridgehead atoms. The lowest BCUT2D eigenvalue weighted by Crippen LogP contribution is -2.08. The highest BCUT2D eigenvalue weighted by atomic mass is 35.5. The first-order valence-electron chi connectivity index (χ1n) is 5.52. The van der Waals surface area contributed by atoms with Crippen molar-refractivity contribution in [3.63, 3.8) is 0 Å². The van der Waals surface area contributed by atoms with Gasteiger partial charge in [-0.1, -0.05) is 23.2 Å². The van der Waals surface area contributed by atoms with Gasteiger partial charge in [-0.15, -0.1) is 0 Å². The fourth-order valence-corrected chi connectivity index (χ4v) is 2.18. The molecule has 0 unspecified atom stereocenters. The number of carbonyl (C=O) groups is 1. The molecule has 0 spiro atoms. The highest BCUT2D eigenvalue weighted by Crippen LogP contribution is 2.34. The van der Waals surface area contributed by atoms with E-state index in [1.807, 2.05) is 0 Å². The minimum Gasteiger partial charge on any atom is -0.494 e. The zero-order valence-corrected chi connectivity index (χ0v) is 11.8. The second-order valence-corrected chi connectivity index (χ2v) is 4.63. The van der Waals surface area contributed by atoms with E-state index in [-0.39, 0.29) is 27.1 Å². The molecule has 0 aliphatic heterocycles. The monoisotopic (exact) mass is 314 g/mol. The largest absolute Gasteiger partial charge is 0.494 e. The van der Waals surface area contributed by atoms with Gasteiger partial charge in [-0.25, -0.2) is 9.18 Å². The van der Waals surface area contributed by atoms with Crippen molar-refractivity contribution in [1.29, 1.82) is 0 Å². The standard InChI is InChI=1S/C14H9Cl2FO3/c1-19-13-11(15)6-8(7-12(13)16)14(18)20-10-4-2-9(17)3-5-10/h2-7H,1H3. The maximum atomic E-state index is 12.7. The van der Waals surface area contributed by atoms with Gasteiger partial charge >= 0.3 is 5.97 Å². The van der Waals surface area contributed by atoms with Crippen LogP contribution in [0.5, 0.6) is 11.5 Å². The van der Waals surface area contributed by atoms with Gasteiger partial charge in [0.25, 0.3) is 0 Å². The summed E-state index contributed by atoms with van der Waals surface area (Å²) in [5.74, 6) is -0.561. The highest BCUT2D eigenvalue weighted by molar-refractivity contribution is 6.37. The Bertz CT molecular complexity index is 618. The maximum Gasteiger partial charge on any atom is 0.343 e. The van der Waals surface area contributed by atoms with Crippen molar-refractivity contribution >= 4 is 29.2 Å². The van der Waals surface area contributed by atoms with E-state index in [4.69, 9.17) is 32.7 Å². The summed E-state index contributed by atoms with van der Waals surface area (Å²) in [6, 6.07) is 7.85. The first kappa shape index (κ1) is 14.6. The number of esters is 1. The molecule has 0 aliphatic rings. The summed E-state index contributed by atoms with van der Waals surface area (Å²) in [7, 11) is 1.42. The number of carbonyl (C=O) groups excluding carboxylic acids is 1. The van der Waals surface area contributed by atoms with Crippen LogP contribution >= 0.6 is 23.2 Å². The van der Waals surface area contributed by atoms with E-state index in [0.717, 1.165) is 0 Å². The normalized spacial score (nSPS) is 10.2. The van der Waals surface area contributed by atoms with Crippen LogP contribution in [-0.4, -0.2) is 13.1 Å². The molecule has 0 saturated heterocycles. The molecule has 3 nitrogen and oxygen atoms in total. The van der Waals surface area contributed by atoms with Crippen LogP contribution in [0.15, 0.2) is 36.4 Å². The van der Waals surface area contributed by atoms with Crippen molar-refractivity contribution < 1.29 is 18.7 Å². The summed E-state index contributed by atoms with van der Waals surface area (Å²) in [5.41, 5.74) is 0.171. The Balaban J connectivity index is 2.23.